The highest BCUT2D eigenvalue weighted by Crippen LogP contribution is 2.16. The minimum absolute atomic E-state index is 0.431. The lowest BCUT2D eigenvalue weighted by atomic mass is 9.90. The second kappa shape index (κ2) is 12.1. The van der Waals surface area contributed by atoms with Gasteiger partial charge in [0, 0.05) is 19.3 Å². The Morgan fingerprint density at radius 3 is 2.07 bits per heavy atom. The van der Waals surface area contributed by atoms with Crippen LogP contribution in [0.5, 0.6) is 0 Å². The maximum absolute atomic E-state index is 12.2. The Bertz CT molecular complexity index is 560. The van der Waals surface area contributed by atoms with E-state index in [4.69, 9.17) is 15.9 Å². The van der Waals surface area contributed by atoms with Crippen LogP contribution in [0, 0.1) is 11.8 Å². The second-order valence-electron chi connectivity index (χ2n) is 6.21. The summed E-state index contributed by atoms with van der Waals surface area (Å²) in [6.45, 7) is 0.328. The van der Waals surface area contributed by atoms with Crippen LogP contribution in [0.1, 0.15) is 26.2 Å². The third-order valence-corrected chi connectivity index (χ3v) is 4.00. The average Bonchev–Trinajstić information content (AvgIpc) is 2.57. The summed E-state index contributed by atoms with van der Waals surface area (Å²) in [5.41, 5.74) is 5.08. The molecule has 0 aromatic rings. The van der Waals surface area contributed by atoms with Gasteiger partial charge in [-0.1, -0.05) is 0 Å². The van der Waals surface area contributed by atoms with Gasteiger partial charge in [0.2, 0.25) is 11.8 Å². The highest BCUT2D eigenvalue weighted by atomic mass is 16.4. The Kier molecular flexibility index (Phi) is 11.0. The molecule has 0 aromatic carbocycles. The number of hydrogen-bond donors (Lipinski definition) is 6. The van der Waals surface area contributed by atoms with E-state index >= 15 is 0 Å². The molecule has 2 amide bonds. The van der Waals surface area contributed by atoms with Crippen molar-refractivity contribution in [2.45, 2.75) is 38.3 Å². The maximum atomic E-state index is 12.2. The number of ketones is 2. The summed E-state index contributed by atoms with van der Waals surface area (Å²) in [6.07, 6.45) is -2.71. The van der Waals surface area contributed by atoms with E-state index in [1.165, 1.54) is 14.0 Å². The van der Waals surface area contributed by atoms with Crippen molar-refractivity contribution >= 4 is 29.4 Å². The molecule has 0 spiro atoms. The van der Waals surface area contributed by atoms with Crippen LogP contribution in [0.4, 0.5) is 0 Å². The summed E-state index contributed by atoms with van der Waals surface area (Å²) >= 11 is 0. The molecule has 0 heterocycles. The largest absolute Gasteiger partial charge is 0.481 e. The Labute approximate surface area is 156 Å². The number of carbonyl (C=O) groups excluding carboxylic acids is 4. The van der Waals surface area contributed by atoms with E-state index in [0.717, 1.165) is 0 Å². The predicted octanol–water partition coefficient (Wildman–Crippen LogP) is -2.83. The fraction of sp³-hybridized carbons (Fsp3) is 0.688. The quantitative estimate of drug-likeness (QED) is 0.181. The molecule has 0 aromatic heterocycles. The van der Waals surface area contributed by atoms with Gasteiger partial charge in [0.25, 0.3) is 0 Å². The van der Waals surface area contributed by atoms with Gasteiger partial charge in [-0.2, -0.15) is 0 Å². The van der Waals surface area contributed by atoms with Crippen LogP contribution in [0.2, 0.25) is 0 Å². The molecule has 0 aliphatic carbocycles. The normalized spacial score (nSPS) is 15.3. The van der Waals surface area contributed by atoms with E-state index in [-0.39, 0.29) is 0 Å². The zero-order valence-corrected chi connectivity index (χ0v) is 15.3. The number of aliphatic hydroxyl groups is 2. The van der Waals surface area contributed by atoms with Crippen molar-refractivity contribution in [1.29, 1.82) is 0 Å². The van der Waals surface area contributed by atoms with Gasteiger partial charge in [-0.15, -0.1) is 0 Å². The number of aliphatic hydroxyl groups excluding tert-OH is 2. The average molecular weight is 389 g/mol. The number of rotatable bonds is 14. The Morgan fingerprint density at radius 2 is 1.67 bits per heavy atom. The number of carbonyl (C=O) groups is 5. The predicted molar refractivity (Wildman–Crippen MR) is 92.3 cm³/mol. The number of amides is 2. The van der Waals surface area contributed by atoms with Gasteiger partial charge in [0.1, 0.15) is 5.78 Å². The first-order valence-electron chi connectivity index (χ1n) is 8.32. The van der Waals surface area contributed by atoms with Crippen molar-refractivity contribution in [3.05, 3.63) is 0 Å². The van der Waals surface area contributed by atoms with Crippen LogP contribution >= 0.6 is 0 Å². The van der Waals surface area contributed by atoms with Crippen molar-refractivity contribution in [1.82, 2.24) is 10.6 Å². The van der Waals surface area contributed by atoms with E-state index in [2.05, 4.69) is 10.6 Å². The van der Waals surface area contributed by atoms with E-state index in [9.17, 15) is 29.1 Å². The third kappa shape index (κ3) is 9.22. The number of nitrogens with two attached hydrogens (primary N) is 1. The molecule has 7 N–H and O–H groups in total. The SMILES string of the molecule is CN[C@@H](CO)C(=O)CNC(=O)[C@H](CC(N)=O)CC(=O)C[C@H](C(=O)O)C(C)O. The molecule has 0 aliphatic rings. The van der Waals surface area contributed by atoms with Crippen molar-refractivity contribution in [3.63, 3.8) is 0 Å². The second-order valence-corrected chi connectivity index (χ2v) is 6.21. The molecular weight excluding hydrogens is 362 g/mol. The monoisotopic (exact) mass is 389 g/mol. The first-order chi connectivity index (χ1) is 12.5. The van der Waals surface area contributed by atoms with Gasteiger partial charge in [0.05, 0.1) is 37.1 Å². The zero-order chi connectivity index (χ0) is 21.1. The topological polar surface area (TPSA) is 196 Å². The van der Waals surface area contributed by atoms with Crippen LogP contribution in [0.3, 0.4) is 0 Å². The van der Waals surface area contributed by atoms with E-state index in [1.807, 2.05) is 0 Å². The van der Waals surface area contributed by atoms with Crippen LogP contribution < -0.4 is 16.4 Å². The molecule has 0 fully saturated rings. The van der Waals surface area contributed by atoms with Gasteiger partial charge in [-0.25, -0.2) is 0 Å². The summed E-state index contributed by atoms with van der Waals surface area (Å²) in [7, 11) is 1.45. The fourth-order valence-corrected chi connectivity index (χ4v) is 2.36. The number of carboxylic acids is 1. The van der Waals surface area contributed by atoms with Gasteiger partial charge in [-0.05, 0) is 14.0 Å². The number of carboxylic acid groups (broad SMARTS) is 1. The van der Waals surface area contributed by atoms with E-state index in [0.29, 0.717) is 0 Å². The molecule has 27 heavy (non-hydrogen) atoms. The van der Waals surface area contributed by atoms with E-state index < -0.39 is 85.7 Å². The number of nitrogens with one attached hydrogen (secondary N) is 2. The molecule has 0 saturated carbocycles. The molecule has 154 valence electrons. The molecule has 4 atom stereocenters. The minimum Gasteiger partial charge on any atom is -0.481 e. The van der Waals surface area contributed by atoms with Crippen molar-refractivity contribution < 1.29 is 39.3 Å². The Hall–Kier alpha value is -2.37. The van der Waals surface area contributed by atoms with Crippen LogP contribution in [0.25, 0.3) is 0 Å². The summed E-state index contributed by atoms with van der Waals surface area (Å²) in [6, 6.07) is -0.871. The van der Waals surface area contributed by atoms with Gasteiger partial charge in [0.15, 0.2) is 5.78 Å². The van der Waals surface area contributed by atoms with Gasteiger partial charge in [-0.3, -0.25) is 24.0 Å². The molecule has 11 nitrogen and oxygen atoms in total. The molecule has 0 rings (SSSR count). The van der Waals surface area contributed by atoms with Crippen molar-refractivity contribution in [2.24, 2.45) is 17.6 Å². The number of aliphatic carboxylic acids is 1. The Balaban J connectivity index is 4.93. The molecule has 0 radical (unpaired) electrons. The number of hydrogen-bond acceptors (Lipinski definition) is 8. The van der Waals surface area contributed by atoms with Gasteiger partial charge >= 0.3 is 5.97 Å². The molecule has 0 saturated heterocycles. The fourth-order valence-electron chi connectivity index (χ4n) is 2.36. The first-order valence-corrected chi connectivity index (χ1v) is 8.32. The molecule has 0 bridgehead atoms. The smallest absolute Gasteiger partial charge is 0.309 e. The third-order valence-electron chi connectivity index (χ3n) is 4.00. The lowest BCUT2D eigenvalue weighted by Gasteiger charge is -2.18. The molecule has 11 heteroatoms. The summed E-state index contributed by atoms with van der Waals surface area (Å²) in [5, 5.41) is 32.3. The highest BCUT2D eigenvalue weighted by molar-refractivity contribution is 5.94. The standard InChI is InChI=1S/C16H27N3O8/c1-8(21)11(16(26)27)5-10(22)3-9(4-14(17)24)15(25)19-6-13(23)12(7-20)18-2/h8-9,11-12,18,20-21H,3-7H2,1-2H3,(H2,17,24)(H,19,25)(H,26,27)/t8?,9-,11-,12-/m0/s1. The number of primary amides is 1. The van der Waals surface area contributed by atoms with Crippen molar-refractivity contribution in [3.8, 4) is 0 Å². The van der Waals surface area contributed by atoms with E-state index in [1.54, 1.807) is 0 Å². The number of Topliss-reactive ketones (excluding diaryl/α,β-unsaturated/α-hetero) is 2. The minimum atomic E-state index is -1.36. The summed E-state index contributed by atoms with van der Waals surface area (Å²) in [4.78, 5) is 58.3. The first kappa shape index (κ1) is 24.6. The number of likely N-dealkylation sites (N-methyl/N-ethyl adjacent to an activating group) is 1. The zero-order valence-electron chi connectivity index (χ0n) is 15.3. The molecule has 1 unspecified atom stereocenters. The summed E-state index contributed by atoms with van der Waals surface area (Å²) in [5.74, 6) is -6.63. The maximum Gasteiger partial charge on any atom is 0.309 e. The summed E-state index contributed by atoms with van der Waals surface area (Å²) < 4.78 is 0. The lowest BCUT2D eigenvalue weighted by Crippen LogP contribution is -2.45. The van der Waals surface area contributed by atoms with Crippen LogP contribution in [0.15, 0.2) is 0 Å². The van der Waals surface area contributed by atoms with Crippen LogP contribution in [-0.4, -0.2) is 77.0 Å². The Morgan fingerprint density at radius 1 is 1.07 bits per heavy atom. The van der Waals surface area contributed by atoms with Crippen LogP contribution in [-0.2, 0) is 24.0 Å². The lowest BCUT2D eigenvalue weighted by molar-refractivity contribution is -0.148. The van der Waals surface area contributed by atoms with Crippen molar-refractivity contribution in [2.75, 3.05) is 20.2 Å². The highest BCUT2D eigenvalue weighted by Gasteiger charge is 2.30. The molecule has 0 aliphatic heterocycles. The molecular formula is C16H27N3O8. The van der Waals surface area contributed by atoms with Gasteiger partial charge < -0.3 is 31.7 Å².